The number of hydrogen-bond acceptors (Lipinski definition) is 4. The van der Waals surface area contributed by atoms with Crippen LogP contribution < -0.4 is 0 Å². The van der Waals surface area contributed by atoms with Crippen molar-refractivity contribution in [3.63, 3.8) is 0 Å². The lowest BCUT2D eigenvalue weighted by Crippen LogP contribution is -2.38. The summed E-state index contributed by atoms with van der Waals surface area (Å²) in [6.07, 6.45) is 5.65. The molecule has 4 rings (SSSR count). The third-order valence-corrected chi connectivity index (χ3v) is 6.73. The molecule has 1 aliphatic rings. The molecule has 2 aromatic carbocycles. The van der Waals surface area contributed by atoms with E-state index in [2.05, 4.69) is 11.1 Å². The lowest BCUT2D eigenvalue weighted by atomic mass is 9.90. The van der Waals surface area contributed by atoms with Gasteiger partial charge in [-0.1, -0.05) is 24.3 Å². The van der Waals surface area contributed by atoms with Gasteiger partial charge in [-0.05, 0) is 61.4 Å². The number of fused-ring (bicyclic) bond motifs is 1. The highest BCUT2D eigenvalue weighted by Gasteiger charge is 2.22. The lowest BCUT2D eigenvalue weighted by molar-refractivity contribution is -0.132. The predicted octanol–water partition coefficient (Wildman–Crippen LogP) is 4.81. The van der Waals surface area contributed by atoms with E-state index in [9.17, 15) is 9.90 Å². The van der Waals surface area contributed by atoms with Crippen molar-refractivity contribution in [3.05, 3.63) is 59.1 Å². The summed E-state index contributed by atoms with van der Waals surface area (Å²) in [6, 6.07) is 15.6. The minimum Gasteiger partial charge on any atom is -0.508 e. The first kappa shape index (κ1) is 18.9. The Morgan fingerprint density at radius 3 is 2.57 bits per heavy atom. The van der Waals surface area contributed by atoms with E-state index in [4.69, 9.17) is 0 Å². The summed E-state index contributed by atoms with van der Waals surface area (Å²) in [7, 11) is 0. The third-order valence-electron chi connectivity index (χ3n) is 5.64. The minimum atomic E-state index is 0.260. The fraction of sp³-hybridized carbons (Fsp3) is 0.391. The Morgan fingerprint density at radius 1 is 1.07 bits per heavy atom. The van der Waals surface area contributed by atoms with Crippen molar-refractivity contribution in [2.75, 3.05) is 13.1 Å². The number of carbonyl (C=O) groups excluding carboxylic acids is 1. The monoisotopic (exact) mass is 394 g/mol. The molecule has 0 aliphatic carbocycles. The average Bonchev–Trinajstić information content (AvgIpc) is 3.15. The van der Waals surface area contributed by atoms with Gasteiger partial charge in [0, 0.05) is 25.9 Å². The summed E-state index contributed by atoms with van der Waals surface area (Å²) in [4.78, 5) is 19.2. The second-order valence-electron chi connectivity index (χ2n) is 7.60. The highest BCUT2D eigenvalue weighted by atomic mass is 32.1. The number of nitrogens with zero attached hydrogens (tertiary/aromatic N) is 2. The summed E-state index contributed by atoms with van der Waals surface area (Å²) in [6.45, 7) is 1.75. The number of rotatable bonds is 6. The van der Waals surface area contributed by atoms with Gasteiger partial charge in [0.15, 0.2) is 0 Å². The molecule has 1 aliphatic heterocycles. The molecule has 0 saturated carbocycles. The number of phenols is 1. The van der Waals surface area contributed by atoms with Crippen LogP contribution in [0, 0.1) is 5.92 Å². The predicted molar refractivity (Wildman–Crippen MR) is 114 cm³/mol. The van der Waals surface area contributed by atoms with E-state index in [0.29, 0.717) is 18.1 Å². The number of phenolic OH excluding ortho intramolecular Hbond substituents is 1. The van der Waals surface area contributed by atoms with E-state index >= 15 is 0 Å². The number of aromatic nitrogens is 1. The topological polar surface area (TPSA) is 53.4 Å². The first-order valence-corrected chi connectivity index (χ1v) is 10.9. The fourth-order valence-corrected chi connectivity index (χ4v) is 4.87. The van der Waals surface area contributed by atoms with Crippen molar-refractivity contribution >= 4 is 27.5 Å². The van der Waals surface area contributed by atoms with Crippen molar-refractivity contribution in [3.8, 4) is 5.75 Å². The van der Waals surface area contributed by atoms with Crippen LogP contribution in [0.15, 0.2) is 48.5 Å². The molecule has 0 radical (unpaired) electrons. The molecule has 0 bridgehead atoms. The van der Waals surface area contributed by atoms with E-state index in [0.717, 1.165) is 55.7 Å². The second kappa shape index (κ2) is 8.74. The zero-order valence-electron chi connectivity index (χ0n) is 16.0. The molecular formula is C23H26N2O2S. The standard InChI is InChI=1S/C23H26N2O2S/c26-19-9-7-17(8-10-19)5-6-18-13-15-25(16-14-18)23(27)12-11-22-24-20-3-1-2-4-21(20)28-22/h1-4,7-10,18,26H,5-6,11-16H2. The number of benzene rings is 2. The quantitative estimate of drug-likeness (QED) is 0.653. The zero-order chi connectivity index (χ0) is 19.3. The average molecular weight is 395 g/mol. The van der Waals surface area contributed by atoms with Gasteiger partial charge in [-0.25, -0.2) is 4.98 Å². The largest absolute Gasteiger partial charge is 0.508 e. The number of carbonyl (C=O) groups is 1. The Bertz CT molecular complexity index is 894. The number of hydrogen-bond donors (Lipinski definition) is 1. The van der Waals surface area contributed by atoms with Crippen molar-refractivity contribution in [2.24, 2.45) is 5.92 Å². The van der Waals surface area contributed by atoms with Gasteiger partial charge in [0.25, 0.3) is 0 Å². The highest BCUT2D eigenvalue weighted by Crippen LogP contribution is 2.25. The van der Waals surface area contributed by atoms with Gasteiger partial charge < -0.3 is 10.0 Å². The van der Waals surface area contributed by atoms with Gasteiger partial charge in [-0.3, -0.25) is 4.79 Å². The maximum atomic E-state index is 12.6. The second-order valence-corrected chi connectivity index (χ2v) is 8.72. The molecule has 1 N–H and O–H groups in total. The van der Waals surface area contributed by atoms with Gasteiger partial charge in [0.2, 0.25) is 5.91 Å². The van der Waals surface area contributed by atoms with Crippen LogP contribution in [-0.2, 0) is 17.6 Å². The maximum absolute atomic E-state index is 12.6. The number of aromatic hydroxyl groups is 1. The molecule has 3 aromatic rings. The van der Waals surface area contributed by atoms with E-state index in [-0.39, 0.29) is 5.91 Å². The molecule has 0 spiro atoms. The van der Waals surface area contributed by atoms with E-state index in [1.54, 1.807) is 23.5 Å². The first-order chi connectivity index (χ1) is 13.7. The Balaban J connectivity index is 1.20. The van der Waals surface area contributed by atoms with Crippen molar-refractivity contribution < 1.29 is 9.90 Å². The third kappa shape index (κ3) is 4.71. The Morgan fingerprint density at radius 2 is 1.82 bits per heavy atom. The molecule has 0 unspecified atom stereocenters. The van der Waals surface area contributed by atoms with Gasteiger partial charge >= 0.3 is 0 Å². The number of para-hydroxylation sites is 1. The van der Waals surface area contributed by atoms with Gasteiger partial charge in [-0.2, -0.15) is 0 Å². The van der Waals surface area contributed by atoms with Gasteiger partial charge in [-0.15, -0.1) is 11.3 Å². The van der Waals surface area contributed by atoms with Crippen molar-refractivity contribution in [1.29, 1.82) is 0 Å². The van der Waals surface area contributed by atoms with Crippen LogP contribution >= 0.6 is 11.3 Å². The summed E-state index contributed by atoms with van der Waals surface area (Å²) < 4.78 is 1.19. The highest BCUT2D eigenvalue weighted by molar-refractivity contribution is 7.18. The normalized spacial score (nSPS) is 15.2. The Kier molecular flexibility index (Phi) is 5.91. The van der Waals surface area contributed by atoms with E-state index in [1.165, 1.54) is 10.3 Å². The number of amides is 1. The maximum Gasteiger partial charge on any atom is 0.222 e. The van der Waals surface area contributed by atoms with Gasteiger partial charge in [0.05, 0.1) is 15.2 Å². The molecule has 5 heteroatoms. The smallest absolute Gasteiger partial charge is 0.222 e. The van der Waals surface area contributed by atoms with Gasteiger partial charge in [0.1, 0.15) is 5.75 Å². The molecular weight excluding hydrogens is 368 g/mol. The molecule has 146 valence electrons. The first-order valence-electron chi connectivity index (χ1n) is 10.1. The number of piperidine rings is 1. The van der Waals surface area contributed by atoms with E-state index in [1.807, 2.05) is 35.2 Å². The van der Waals surface area contributed by atoms with Crippen LogP contribution in [0.5, 0.6) is 5.75 Å². The molecule has 28 heavy (non-hydrogen) atoms. The molecule has 0 atom stereocenters. The van der Waals surface area contributed by atoms with Crippen LogP contribution in [0.3, 0.4) is 0 Å². The zero-order valence-corrected chi connectivity index (χ0v) is 16.8. The fourth-order valence-electron chi connectivity index (χ4n) is 3.90. The molecule has 1 amide bonds. The summed E-state index contributed by atoms with van der Waals surface area (Å²) >= 11 is 1.69. The summed E-state index contributed by atoms with van der Waals surface area (Å²) in [5.41, 5.74) is 2.30. The van der Waals surface area contributed by atoms with Crippen LogP contribution in [-0.4, -0.2) is 34.0 Å². The molecule has 4 nitrogen and oxygen atoms in total. The minimum absolute atomic E-state index is 0.260. The van der Waals surface area contributed by atoms with Crippen LogP contribution in [0.1, 0.15) is 36.3 Å². The SMILES string of the molecule is O=C(CCc1nc2ccccc2s1)N1CCC(CCc2ccc(O)cc2)CC1. The van der Waals surface area contributed by atoms with Crippen LogP contribution in [0.2, 0.25) is 0 Å². The Hall–Kier alpha value is -2.40. The molecule has 1 fully saturated rings. The number of thiazole rings is 1. The van der Waals surface area contributed by atoms with Crippen LogP contribution in [0.25, 0.3) is 10.2 Å². The lowest BCUT2D eigenvalue weighted by Gasteiger charge is -2.32. The Labute approximate surface area is 169 Å². The van der Waals surface area contributed by atoms with Crippen molar-refractivity contribution in [2.45, 2.75) is 38.5 Å². The van der Waals surface area contributed by atoms with Crippen molar-refractivity contribution in [1.82, 2.24) is 9.88 Å². The summed E-state index contributed by atoms with van der Waals surface area (Å²) in [5.74, 6) is 1.26. The molecule has 1 aromatic heterocycles. The molecule has 2 heterocycles. The van der Waals surface area contributed by atoms with Crippen LogP contribution in [0.4, 0.5) is 0 Å². The summed E-state index contributed by atoms with van der Waals surface area (Å²) in [5, 5.41) is 10.4. The molecule has 1 saturated heterocycles. The number of aryl methyl sites for hydroxylation is 2. The number of likely N-dealkylation sites (tertiary alicyclic amines) is 1. The van der Waals surface area contributed by atoms with E-state index < -0.39 is 0 Å².